The number of carbonyl (C=O) groups excluding carboxylic acids is 2. The van der Waals surface area contributed by atoms with Crippen LogP contribution in [-0.2, 0) is 9.59 Å². The van der Waals surface area contributed by atoms with E-state index in [0.29, 0.717) is 18.7 Å². The van der Waals surface area contributed by atoms with E-state index in [4.69, 9.17) is 10.8 Å². The highest BCUT2D eigenvalue weighted by molar-refractivity contribution is 8.13. The number of nitrogens with one attached hydrogen (secondary N) is 1. The Morgan fingerprint density at radius 1 is 0.828 bits per heavy atom. The summed E-state index contributed by atoms with van der Waals surface area (Å²) in [5, 5.41) is 11.4. The van der Waals surface area contributed by atoms with Crippen LogP contribution >= 0.6 is 11.8 Å². The van der Waals surface area contributed by atoms with E-state index in [-0.39, 0.29) is 17.6 Å². The summed E-state index contributed by atoms with van der Waals surface area (Å²) >= 11 is 1.06. The number of amides is 1. The fraction of sp³-hybridized carbons (Fsp3) is 0.913. The van der Waals surface area contributed by atoms with E-state index in [1.54, 1.807) is 0 Å². The van der Waals surface area contributed by atoms with Gasteiger partial charge in [-0.15, -0.1) is 0 Å². The minimum Gasteiger partial charge on any atom is -0.394 e. The monoisotopic (exact) mass is 430 g/mol. The molecule has 0 aromatic carbocycles. The summed E-state index contributed by atoms with van der Waals surface area (Å²) in [5.74, 6) is 0.552. The van der Waals surface area contributed by atoms with Crippen LogP contribution in [0.15, 0.2) is 0 Å². The van der Waals surface area contributed by atoms with Crippen molar-refractivity contribution in [2.75, 3.05) is 18.9 Å². The zero-order valence-electron chi connectivity index (χ0n) is 18.8. The van der Waals surface area contributed by atoms with Crippen LogP contribution in [0.2, 0.25) is 0 Å². The smallest absolute Gasteiger partial charge is 0.220 e. The maximum atomic E-state index is 11.7. The Bertz CT molecular complexity index is 394. The van der Waals surface area contributed by atoms with Gasteiger partial charge in [-0.2, -0.15) is 0 Å². The molecule has 0 aliphatic carbocycles. The number of carbonyl (C=O) groups is 2. The first kappa shape index (κ1) is 28.4. The molecule has 0 bridgehead atoms. The molecule has 0 saturated heterocycles. The van der Waals surface area contributed by atoms with Gasteiger partial charge < -0.3 is 16.2 Å². The van der Waals surface area contributed by atoms with Crippen molar-refractivity contribution in [2.45, 2.75) is 116 Å². The van der Waals surface area contributed by atoms with E-state index in [0.717, 1.165) is 24.6 Å². The van der Waals surface area contributed by atoms with E-state index >= 15 is 0 Å². The predicted octanol–water partition coefficient (Wildman–Crippen LogP) is 4.94. The van der Waals surface area contributed by atoms with Crippen LogP contribution < -0.4 is 11.1 Å². The van der Waals surface area contributed by atoms with Crippen molar-refractivity contribution in [3.8, 4) is 0 Å². The van der Waals surface area contributed by atoms with Gasteiger partial charge in [0.15, 0.2) is 0 Å². The average molecular weight is 431 g/mol. The molecule has 0 aromatic heterocycles. The SMILES string of the molecule is CCCCCCCCCCCCCCCCCC(=O)NCCSC(=O)[C@@H](N)CO. The van der Waals surface area contributed by atoms with Gasteiger partial charge in [0.1, 0.15) is 0 Å². The maximum Gasteiger partial charge on any atom is 0.220 e. The van der Waals surface area contributed by atoms with Crippen LogP contribution in [0.4, 0.5) is 0 Å². The predicted molar refractivity (Wildman–Crippen MR) is 125 cm³/mol. The molecule has 0 aliphatic heterocycles. The molecule has 1 amide bonds. The summed E-state index contributed by atoms with van der Waals surface area (Å²) in [6.07, 6.45) is 20.4. The number of aliphatic hydroxyl groups excluding tert-OH is 1. The average Bonchev–Trinajstić information content (AvgIpc) is 2.73. The van der Waals surface area contributed by atoms with Gasteiger partial charge in [0.05, 0.1) is 12.6 Å². The van der Waals surface area contributed by atoms with Gasteiger partial charge in [-0.05, 0) is 6.42 Å². The van der Waals surface area contributed by atoms with E-state index in [2.05, 4.69) is 12.2 Å². The van der Waals surface area contributed by atoms with E-state index in [9.17, 15) is 9.59 Å². The molecule has 172 valence electrons. The molecule has 0 spiro atoms. The Morgan fingerprint density at radius 2 is 1.28 bits per heavy atom. The molecule has 0 radical (unpaired) electrons. The van der Waals surface area contributed by atoms with E-state index < -0.39 is 6.04 Å². The molecule has 1 atom stereocenters. The van der Waals surface area contributed by atoms with Crippen LogP contribution in [0.3, 0.4) is 0 Å². The van der Waals surface area contributed by atoms with Crippen LogP contribution in [0.5, 0.6) is 0 Å². The summed E-state index contributed by atoms with van der Waals surface area (Å²) < 4.78 is 0. The first-order valence-electron chi connectivity index (χ1n) is 11.9. The molecule has 29 heavy (non-hydrogen) atoms. The molecule has 5 nitrogen and oxygen atoms in total. The van der Waals surface area contributed by atoms with Crippen molar-refractivity contribution < 1.29 is 14.7 Å². The lowest BCUT2D eigenvalue weighted by molar-refractivity contribution is -0.121. The van der Waals surface area contributed by atoms with Gasteiger partial charge in [-0.3, -0.25) is 9.59 Å². The van der Waals surface area contributed by atoms with Crippen LogP contribution in [0, 0.1) is 0 Å². The lowest BCUT2D eigenvalue weighted by atomic mass is 10.0. The number of nitrogens with two attached hydrogens (primary N) is 1. The molecule has 6 heteroatoms. The van der Waals surface area contributed by atoms with Gasteiger partial charge in [0.25, 0.3) is 0 Å². The van der Waals surface area contributed by atoms with Crippen molar-refractivity contribution in [2.24, 2.45) is 5.73 Å². The summed E-state index contributed by atoms with van der Waals surface area (Å²) in [6, 6.07) is -0.823. The lowest BCUT2D eigenvalue weighted by Gasteiger charge is -2.07. The Labute approximate surface area is 183 Å². The molecule has 0 fully saturated rings. The summed E-state index contributed by atoms with van der Waals surface area (Å²) in [4.78, 5) is 23.2. The fourth-order valence-electron chi connectivity index (χ4n) is 3.27. The first-order chi connectivity index (χ1) is 14.1. The van der Waals surface area contributed by atoms with E-state index in [1.807, 2.05) is 0 Å². The van der Waals surface area contributed by atoms with Gasteiger partial charge >= 0.3 is 0 Å². The zero-order chi connectivity index (χ0) is 21.6. The van der Waals surface area contributed by atoms with Gasteiger partial charge in [0, 0.05) is 18.7 Å². The van der Waals surface area contributed by atoms with Crippen molar-refractivity contribution in [1.82, 2.24) is 5.32 Å². The van der Waals surface area contributed by atoms with Crippen molar-refractivity contribution in [3.63, 3.8) is 0 Å². The standard InChI is InChI=1S/C23H46N2O3S/c1-2-3-4-5-6-7-8-9-10-11-12-13-14-15-16-17-22(27)25-18-19-29-23(28)21(24)20-26/h21,26H,2-20,24H2,1H3,(H,25,27)/t21-/m0/s1. The van der Waals surface area contributed by atoms with E-state index in [1.165, 1.54) is 83.5 Å². The number of hydrogen-bond acceptors (Lipinski definition) is 5. The minimum absolute atomic E-state index is 0.0548. The number of aliphatic hydroxyl groups is 1. The van der Waals surface area contributed by atoms with Crippen LogP contribution in [0.25, 0.3) is 0 Å². The molecule has 0 aromatic rings. The summed E-state index contributed by atoms with van der Waals surface area (Å²) in [5.41, 5.74) is 5.42. The van der Waals surface area contributed by atoms with Gasteiger partial charge in [0.2, 0.25) is 11.0 Å². The molecular weight excluding hydrogens is 384 g/mol. The number of hydrogen-bond donors (Lipinski definition) is 3. The van der Waals surface area contributed by atoms with Gasteiger partial charge in [-0.1, -0.05) is 109 Å². The highest BCUT2D eigenvalue weighted by Gasteiger charge is 2.12. The third-order valence-electron chi connectivity index (χ3n) is 5.18. The zero-order valence-corrected chi connectivity index (χ0v) is 19.6. The third kappa shape index (κ3) is 20.5. The second kappa shape index (κ2) is 22.1. The Hall–Kier alpha value is -0.590. The first-order valence-corrected chi connectivity index (χ1v) is 12.9. The van der Waals surface area contributed by atoms with Crippen LogP contribution in [0.1, 0.15) is 110 Å². The topological polar surface area (TPSA) is 92.4 Å². The number of thioether (sulfide) groups is 1. The van der Waals surface area contributed by atoms with Crippen molar-refractivity contribution >= 4 is 22.8 Å². The summed E-state index contributed by atoms with van der Waals surface area (Å²) in [7, 11) is 0. The molecule has 0 unspecified atom stereocenters. The lowest BCUT2D eigenvalue weighted by Crippen LogP contribution is -2.33. The molecule has 0 rings (SSSR count). The van der Waals surface area contributed by atoms with Crippen molar-refractivity contribution in [1.29, 1.82) is 0 Å². The number of rotatable bonds is 21. The molecule has 0 aliphatic rings. The molecule has 0 heterocycles. The molecular formula is C23H46N2O3S. The molecule has 0 saturated carbocycles. The highest BCUT2D eigenvalue weighted by Crippen LogP contribution is 2.13. The fourth-order valence-corrected chi connectivity index (χ4v) is 3.96. The maximum absolute atomic E-state index is 11.7. The summed E-state index contributed by atoms with van der Waals surface area (Å²) in [6.45, 7) is 2.40. The largest absolute Gasteiger partial charge is 0.394 e. The number of unbranched alkanes of at least 4 members (excludes halogenated alkanes) is 14. The van der Waals surface area contributed by atoms with Gasteiger partial charge in [-0.25, -0.2) is 0 Å². The third-order valence-corrected chi connectivity index (χ3v) is 6.17. The Kier molecular flexibility index (Phi) is 21.7. The Morgan fingerprint density at radius 3 is 1.72 bits per heavy atom. The quantitative estimate of drug-likeness (QED) is 0.224. The minimum atomic E-state index is -0.823. The Balaban J connectivity index is 3.24. The van der Waals surface area contributed by atoms with Crippen molar-refractivity contribution in [3.05, 3.63) is 0 Å². The van der Waals surface area contributed by atoms with Crippen LogP contribution in [-0.4, -0.2) is 41.1 Å². The molecule has 4 N–H and O–H groups in total. The highest BCUT2D eigenvalue weighted by atomic mass is 32.2. The second-order valence-corrected chi connectivity index (χ2v) is 9.11. The normalized spacial score (nSPS) is 12.1. The second-order valence-electron chi connectivity index (χ2n) is 8.01.